The van der Waals surface area contributed by atoms with Crippen molar-refractivity contribution in [2.24, 2.45) is 0 Å². The Morgan fingerprint density at radius 2 is 2.05 bits per heavy atom. The van der Waals surface area contributed by atoms with Gasteiger partial charge in [0.2, 0.25) is 0 Å². The molecule has 5 nitrogen and oxygen atoms in total. The summed E-state index contributed by atoms with van der Waals surface area (Å²) in [6, 6.07) is 7.08. The number of methoxy groups -OCH3 is 2. The fourth-order valence-electron chi connectivity index (χ4n) is 1.73. The van der Waals surface area contributed by atoms with E-state index in [1.165, 1.54) is 13.0 Å². The summed E-state index contributed by atoms with van der Waals surface area (Å²) in [4.78, 5) is 22.8. The summed E-state index contributed by atoms with van der Waals surface area (Å²) < 4.78 is 9.61. The first-order valence-corrected chi connectivity index (χ1v) is 6.05. The number of hydrogen-bond acceptors (Lipinski definition) is 5. The van der Waals surface area contributed by atoms with Gasteiger partial charge in [0.15, 0.2) is 5.60 Å². The number of rotatable bonds is 6. The summed E-state index contributed by atoms with van der Waals surface area (Å²) in [5.41, 5.74) is -1.22. The predicted molar refractivity (Wildman–Crippen MR) is 74.3 cm³/mol. The molecule has 0 saturated heterocycles. The van der Waals surface area contributed by atoms with Crippen LogP contribution in [-0.4, -0.2) is 36.7 Å². The molecule has 1 rings (SSSR count). The monoisotopic (exact) mass is 278 g/mol. The highest BCUT2D eigenvalue weighted by Gasteiger charge is 2.35. The van der Waals surface area contributed by atoms with Crippen LogP contribution in [0.2, 0.25) is 0 Å². The lowest BCUT2D eigenvalue weighted by Crippen LogP contribution is -2.39. The molecule has 0 unspecified atom stereocenters. The molecule has 0 aromatic heterocycles. The highest BCUT2D eigenvalue weighted by molar-refractivity contribution is 5.90. The van der Waals surface area contributed by atoms with Gasteiger partial charge in [-0.3, -0.25) is 4.79 Å². The van der Waals surface area contributed by atoms with Crippen LogP contribution in [0.5, 0.6) is 5.75 Å². The summed E-state index contributed by atoms with van der Waals surface area (Å²) in [6.45, 7) is 1.30. The molecular weight excluding hydrogens is 260 g/mol. The zero-order valence-corrected chi connectivity index (χ0v) is 11.8. The number of carbonyl (C=O) groups is 2. The topological polar surface area (TPSA) is 72.8 Å². The number of aliphatic hydroxyl groups is 1. The number of hydrogen-bond donors (Lipinski definition) is 1. The van der Waals surface area contributed by atoms with Crippen molar-refractivity contribution in [3.8, 4) is 5.75 Å². The molecule has 1 atom stereocenters. The van der Waals surface area contributed by atoms with Crippen LogP contribution in [0, 0.1) is 0 Å². The smallest absolute Gasteiger partial charge is 0.342 e. The van der Waals surface area contributed by atoms with E-state index in [1.54, 1.807) is 37.5 Å². The second-order valence-corrected chi connectivity index (χ2v) is 4.40. The minimum absolute atomic E-state index is 0.312. The summed E-state index contributed by atoms with van der Waals surface area (Å²) in [5.74, 6) is -0.527. The number of ether oxygens (including phenoxy) is 2. The first-order chi connectivity index (χ1) is 9.41. The van der Waals surface area contributed by atoms with Crippen LogP contribution >= 0.6 is 0 Å². The molecule has 0 saturated carbocycles. The summed E-state index contributed by atoms with van der Waals surface area (Å²) in [7, 11) is 2.70. The largest absolute Gasteiger partial charge is 0.497 e. The molecule has 0 radical (unpaired) electrons. The Balaban J connectivity index is 3.01. The van der Waals surface area contributed by atoms with E-state index < -0.39 is 11.6 Å². The van der Waals surface area contributed by atoms with Gasteiger partial charge < -0.3 is 14.6 Å². The van der Waals surface area contributed by atoms with Crippen LogP contribution in [0.1, 0.15) is 18.9 Å². The van der Waals surface area contributed by atoms with E-state index in [4.69, 9.17) is 4.74 Å². The van der Waals surface area contributed by atoms with Gasteiger partial charge in [0, 0.05) is 6.42 Å². The van der Waals surface area contributed by atoms with Crippen LogP contribution in [0.25, 0.3) is 6.08 Å². The first-order valence-electron chi connectivity index (χ1n) is 6.05. The molecule has 0 aliphatic rings. The van der Waals surface area contributed by atoms with Gasteiger partial charge in [-0.25, -0.2) is 4.79 Å². The fourth-order valence-corrected chi connectivity index (χ4v) is 1.73. The Hall–Kier alpha value is -2.14. The molecule has 1 aromatic rings. The lowest BCUT2D eigenvalue weighted by atomic mass is 9.96. The van der Waals surface area contributed by atoms with Gasteiger partial charge in [-0.05, 0) is 30.7 Å². The Labute approximate surface area is 117 Å². The second-order valence-electron chi connectivity index (χ2n) is 4.40. The molecule has 0 fully saturated rings. The van der Waals surface area contributed by atoms with Gasteiger partial charge in [-0.2, -0.15) is 0 Å². The third-order valence-electron chi connectivity index (χ3n) is 2.70. The first kappa shape index (κ1) is 15.9. The molecule has 0 amide bonds. The van der Waals surface area contributed by atoms with Gasteiger partial charge in [0.1, 0.15) is 11.5 Å². The van der Waals surface area contributed by atoms with Gasteiger partial charge >= 0.3 is 5.97 Å². The highest BCUT2D eigenvalue weighted by atomic mass is 16.5. The quantitative estimate of drug-likeness (QED) is 0.800. The number of Topliss-reactive ketones (excluding diaryl/α,β-unsaturated/α-hetero) is 1. The van der Waals surface area contributed by atoms with Crippen molar-refractivity contribution in [1.29, 1.82) is 0 Å². The third-order valence-corrected chi connectivity index (χ3v) is 2.70. The fraction of sp³-hybridized carbons (Fsp3) is 0.333. The Bertz CT molecular complexity index is 521. The lowest BCUT2D eigenvalue weighted by molar-refractivity contribution is -0.159. The van der Waals surface area contributed by atoms with Crippen LogP contribution in [0.15, 0.2) is 30.3 Å². The Morgan fingerprint density at radius 1 is 1.35 bits per heavy atom. The van der Waals surface area contributed by atoms with Gasteiger partial charge in [-0.1, -0.05) is 18.2 Å². The van der Waals surface area contributed by atoms with Gasteiger partial charge in [0.25, 0.3) is 0 Å². The van der Waals surface area contributed by atoms with Crippen molar-refractivity contribution in [1.82, 2.24) is 0 Å². The van der Waals surface area contributed by atoms with Crippen molar-refractivity contribution >= 4 is 17.8 Å². The summed E-state index contributed by atoms with van der Waals surface area (Å²) in [6.07, 6.45) is 2.47. The van der Waals surface area contributed by atoms with E-state index in [9.17, 15) is 14.7 Å². The normalized spacial score (nSPS) is 13.8. The third kappa shape index (κ3) is 4.20. The standard InChI is InChI=1S/C15H18O5/c1-11(16)10-15(18,14(17)20-3)8-7-12-5-4-6-13(9-12)19-2/h4-9,18H,10H2,1-3H3/b8-7+/t15-/m1/s1. The van der Waals surface area contributed by atoms with Crippen LogP contribution in [-0.2, 0) is 14.3 Å². The summed E-state index contributed by atoms with van der Waals surface area (Å²) in [5, 5.41) is 10.2. The number of carbonyl (C=O) groups excluding carboxylic acids is 2. The van der Waals surface area contributed by atoms with Crippen molar-refractivity contribution in [3.63, 3.8) is 0 Å². The molecule has 1 N–H and O–H groups in total. The minimum Gasteiger partial charge on any atom is -0.497 e. The van der Waals surface area contributed by atoms with Crippen LogP contribution in [0.3, 0.4) is 0 Å². The van der Waals surface area contributed by atoms with Crippen molar-refractivity contribution in [3.05, 3.63) is 35.9 Å². The molecule has 1 aromatic carbocycles. The zero-order chi connectivity index (χ0) is 15.2. The molecule has 0 bridgehead atoms. The number of esters is 1. The molecular formula is C15H18O5. The van der Waals surface area contributed by atoms with E-state index in [0.29, 0.717) is 5.75 Å². The van der Waals surface area contributed by atoms with E-state index in [0.717, 1.165) is 12.7 Å². The maximum Gasteiger partial charge on any atom is 0.342 e. The number of benzene rings is 1. The Morgan fingerprint density at radius 3 is 2.60 bits per heavy atom. The second kappa shape index (κ2) is 6.86. The molecule has 108 valence electrons. The van der Waals surface area contributed by atoms with E-state index in [1.807, 2.05) is 0 Å². The Kier molecular flexibility index (Phi) is 5.46. The van der Waals surface area contributed by atoms with Gasteiger partial charge in [-0.15, -0.1) is 0 Å². The molecule has 0 aliphatic heterocycles. The highest BCUT2D eigenvalue weighted by Crippen LogP contribution is 2.19. The predicted octanol–water partition coefficient (Wildman–Crippen LogP) is 1.59. The maximum atomic E-state index is 11.6. The van der Waals surface area contributed by atoms with Crippen molar-refractivity contribution in [2.75, 3.05) is 14.2 Å². The molecule has 20 heavy (non-hydrogen) atoms. The molecule has 0 aliphatic carbocycles. The molecule has 5 heteroatoms. The average Bonchev–Trinajstić information content (AvgIpc) is 2.43. The zero-order valence-electron chi connectivity index (χ0n) is 11.8. The van der Waals surface area contributed by atoms with Crippen LogP contribution in [0.4, 0.5) is 0 Å². The van der Waals surface area contributed by atoms with Crippen molar-refractivity contribution in [2.45, 2.75) is 18.9 Å². The summed E-state index contributed by atoms with van der Waals surface area (Å²) >= 11 is 0. The SMILES string of the molecule is COC(=O)[C@@](O)(/C=C/c1cccc(OC)c1)CC(C)=O. The maximum absolute atomic E-state index is 11.6. The average molecular weight is 278 g/mol. The lowest BCUT2D eigenvalue weighted by Gasteiger charge is -2.20. The minimum atomic E-state index is -1.95. The van der Waals surface area contributed by atoms with Crippen LogP contribution < -0.4 is 4.74 Å². The van der Waals surface area contributed by atoms with Crippen molar-refractivity contribution < 1.29 is 24.2 Å². The van der Waals surface area contributed by atoms with E-state index in [-0.39, 0.29) is 12.2 Å². The van der Waals surface area contributed by atoms with E-state index >= 15 is 0 Å². The van der Waals surface area contributed by atoms with Gasteiger partial charge in [0.05, 0.1) is 14.2 Å². The molecule has 0 spiro atoms. The molecule has 0 heterocycles. The van der Waals surface area contributed by atoms with E-state index in [2.05, 4.69) is 4.74 Å². The number of ketones is 1.